The fraction of sp³-hybridized carbons (Fsp3) is 0.0370. The molecule has 4 aromatic rings. The number of amides is 1. The van der Waals surface area contributed by atoms with Crippen LogP contribution in [0.4, 0.5) is 5.69 Å². The number of ether oxygens (including phenoxy) is 1. The van der Waals surface area contributed by atoms with Crippen LogP contribution < -0.4 is 10.1 Å². The highest BCUT2D eigenvalue weighted by atomic mass is 127. The van der Waals surface area contributed by atoms with Gasteiger partial charge in [-0.15, -0.1) is 0 Å². The van der Waals surface area contributed by atoms with E-state index < -0.39 is 5.91 Å². The summed E-state index contributed by atoms with van der Waals surface area (Å²) in [6.45, 7) is 0.413. The summed E-state index contributed by atoms with van der Waals surface area (Å²) in [7, 11) is 0. The van der Waals surface area contributed by atoms with Gasteiger partial charge in [-0.2, -0.15) is 5.26 Å². The summed E-state index contributed by atoms with van der Waals surface area (Å²) in [6.07, 6.45) is 1.54. The SMILES string of the molecule is N#C/C(=C\c1cc(Br)c(OCc2cccc3ccccc23)c(I)c1)C(=O)Nc1cccc(Cl)c1. The number of anilines is 1. The number of nitrogens with one attached hydrogen (secondary N) is 1. The zero-order valence-corrected chi connectivity index (χ0v) is 22.2. The normalized spacial score (nSPS) is 11.2. The average molecular weight is 644 g/mol. The lowest BCUT2D eigenvalue weighted by atomic mass is 10.1. The Kier molecular flexibility index (Phi) is 7.88. The Morgan fingerprint density at radius 1 is 1.09 bits per heavy atom. The fourth-order valence-corrected chi connectivity index (χ4v) is 5.41. The first kappa shape index (κ1) is 24.3. The molecule has 0 bridgehead atoms. The predicted octanol–water partition coefficient (Wildman–Crippen LogP) is 7.98. The van der Waals surface area contributed by atoms with Gasteiger partial charge in [-0.25, -0.2) is 0 Å². The molecule has 0 aromatic heterocycles. The molecule has 0 fully saturated rings. The molecule has 4 nitrogen and oxygen atoms in total. The van der Waals surface area contributed by atoms with E-state index in [9.17, 15) is 10.1 Å². The van der Waals surface area contributed by atoms with E-state index in [1.807, 2.05) is 36.4 Å². The Morgan fingerprint density at radius 3 is 2.62 bits per heavy atom. The van der Waals surface area contributed by atoms with Gasteiger partial charge in [-0.1, -0.05) is 60.1 Å². The molecule has 0 aliphatic carbocycles. The first-order valence-corrected chi connectivity index (χ1v) is 12.5. The maximum atomic E-state index is 12.6. The van der Waals surface area contributed by atoms with E-state index in [1.165, 1.54) is 0 Å². The van der Waals surface area contributed by atoms with Gasteiger partial charge < -0.3 is 10.1 Å². The molecule has 0 saturated carbocycles. The van der Waals surface area contributed by atoms with Gasteiger partial charge >= 0.3 is 0 Å². The quantitative estimate of drug-likeness (QED) is 0.132. The van der Waals surface area contributed by atoms with Crippen LogP contribution in [0.5, 0.6) is 5.75 Å². The van der Waals surface area contributed by atoms with Crippen molar-refractivity contribution in [2.75, 3.05) is 5.32 Å². The Bertz CT molecular complexity index is 1430. The number of rotatable bonds is 6. The summed E-state index contributed by atoms with van der Waals surface area (Å²) >= 11 is 11.7. The minimum atomic E-state index is -0.507. The van der Waals surface area contributed by atoms with E-state index in [0.29, 0.717) is 28.6 Å². The van der Waals surface area contributed by atoms with E-state index >= 15 is 0 Å². The van der Waals surface area contributed by atoms with Crippen LogP contribution in [0.15, 0.2) is 88.9 Å². The first-order valence-electron chi connectivity index (χ1n) is 10.2. The molecule has 1 amide bonds. The molecule has 0 aliphatic rings. The number of carbonyl (C=O) groups excluding carboxylic acids is 1. The lowest BCUT2D eigenvalue weighted by Gasteiger charge is -2.13. The molecule has 0 aliphatic heterocycles. The van der Waals surface area contributed by atoms with Crippen LogP contribution in [-0.4, -0.2) is 5.91 Å². The van der Waals surface area contributed by atoms with Gasteiger partial charge in [0, 0.05) is 10.7 Å². The van der Waals surface area contributed by atoms with E-state index in [2.05, 4.69) is 68.1 Å². The highest BCUT2D eigenvalue weighted by Crippen LogP contribution is 2.34. The summed E-state index contributed by atoms with van der Waals surface area (Å²) in [5, 5.41) is 15.0. The third kappa shape index (κ3) is 5.79. The Labute approximate surface area is 224 Å². The van der Waals surface area contributed by atoms with Gasteiger partial charge in [0.1, 0.15) is 24.0 Å². The van der Waals surface area contributed by atoms with Crippen molar-refractivity contribution in [2.24, 2.45) is 0 Å². The summed E-state index contributed by atoms with van der Waals surface area (Å²) in [6, 6.07) is 26.8. The van der Waals surface area contributed by atoms with Gasteiger partial charge in [-0.05, 0) is 96.8 Å². The van der Waals surface area contributed by atoms with Crippen molar-refractivity contribution in [1.29, 1.82) is 5.26 Å². The number of nitrogens with zero attached hydrogens (tertiary/aromatic N) is 1. The van der Waals surface area contributed by atoms with Crippen LogP contribution in [0, 0.1) is 14.9 Å². The summed E-state index contributed by atoms with van der Waals surface area (Å²) in [4.78, 5) is 12.6. The molecule has 0 saturated heterocycles. The van der Waals surface area contributed by atoms with E-state index in [1.54, 1.807) is 30.3 Å². The van der Waals surface area contributed by atoms with Crippen LogP contribution in [0.1, 0.15) is 11.1 Å². The molecule has 7 heteroatoms. The van der Waals surface area contributed by atoms with Crippen LogP contribution in [-0.2, 0) is 11.4 Å². The zero-order chi connectivity index (χ0) is 24.1. The monoisotopic (exact) mass is 642 g/mol. The molecular weight excluding hydrogens is 627 g/mol. The molecule has 168 valence electrons. The van der Waals surface area contributed by atoms with Crippen LogP contribution in [0.25, 0.3) is 16.8 Å². The number of hydrogen-bond donors (Lipinski definition) is 1. The molecule has 1 N–H and O–H groups in total. The van der Waals surface area contributed by atoms with Crippen LogP contribution in [0.3, 0.4) is 0 Å². The lowest BCUT2D eigenvalue weighted by molar-refractivity contribution is -0.112. The number of carbonyl (C=O) groups is 1. The largest absolute Gasteiger partial charge is 0.487 e. The number of nitriles is 1. The fourth-order valence-electron chi connectivity index (χ4n) is 3.45. The minimum absolute atomic E-state index is 0.0212. The van der Waals surface area contributed by atoms with Crippen molar-refractivity contribution in [3.05, 3.63) is 109 Å². The predicted molar refractivity (Wildman–Crippen MR) is 149 cm³/mol. The molecule has 4 aromatic carbocycles. The van der Waals surface area contributed by atoms with Gasteiger partial charge in [0.05, 0.1) is 8.04 Å². The highest BCUT2D eigenvalue weighted by molar-refractivity contribution is 14.1. The van der Waals surface area contributed by atoms with Crippen LogP contribution >= 0.6 is 50.1 Å². The summed E-state index contributed by atoms with van der Waals surface area (Å²) in [5.74, 6) is 0.194. The zero-order valence-electron chi connectivity index (χ0n) is 17.7. The summed E-state index contributed by atoms with van der Waals surface area (Å²) in [5.41, 5.74) is 2.29. The molecule has 0 atom stereocenters. The number of hydrogen-bond acceptors (Lipinski definition) is 3. The standard InChI is InChI=1S/C27H17BrClIN2O2/c28-24-12-17(11-20(15-31)27(33)32-22-9-4-8-21(29)14-22)13-25(30)26(24)34-16-19-7-3-6-18-5-1-2-10-23(18)19/h1-14H,16H2,(H,32,33)/b20-11+. The first-order chi connectivity index (χ1) is 16.4. The smallest absolute Gasteiger partial charge is 0.266 e. The second-order valence-corrected chi connectivity index (χ2v) is 9.83. The van der Waals surface area contributed by atoms with Crippen LogP contribution in [0.2, 0.25) is 5.02 Å². The summed E-state index contributed by atoms with van der Waals surface area (Å²) < 4.78 is 7.74. The number of benzene rings is 4. The van der Waals surface area contributed by atoms with Gasteiger partial charge in [-0.3, -0.25) is 4.79 Å². The maximum absolute atomic E-state index is 12.6. The van der Waals surface area contributed by atoms with Gasteiger partial charge in [0.2, 0.25) is 0 Å². The third-order valence-corrected chi connectivity index (χ3v) is 6.66. The second-order valence-electron chi connectivity index (χ2n) is 7.37. The van der Waals surface area contributed by atoms with E-state index in [-0.39, 0.29) is 5.57 Å². The minimum Gasteiger partial charge on any atom is -0.487 e. The van der Waals surface area contributed by atoms with E-state index in [0.717, 1.165) is 24.4 Å². The number of halogens is 3. The molecule has 0 radical (unpaired) electrons. The molecule has 0 unspecified atom stereocenters. The topological polar surface area (TPSA) is 62.1 Å². The van der Waals surface area contributed by atoms with E-state index in [4.69, 9.17) is 16.3 Å². The molecule has 0 spiro atoms. The molecular formula is C27H17BrClIN2O2. The van der Waals surface area contributed by atoms with Gasteiger partial charge in [0.25, 0.3) is 5.91 Å². The average Bonchev–Trinajstić information content (AvgIpc) is 2.82. The third-order valence-electron chi connectivity index (χ3n) is 5.03. The van der Waals surface area contributed by atoms with Crippen molar-refractivity contribution in [3.8, 4) is 11.8 Å². The van der Waals surface area contributed by atoms with Gasteiger partial charge in [0.15, 0.2) is 0 Å². The molecule has 0 heterocycles. The Balaban J connectivity index is 1.53. The highest BCUT2D eigenvalue weighted by Gasteiger charge is 2.13. The Hall–Kier alpha value is -2.86. The lowest BCUT2D eigenvalue weighted by Crippen LogP contribution is -2.13. The maximum Gasteiger partial charge on any atom is 0.266 e. The van der Waals surface area contributed by atoms with Crippen molar-refractivity contribution < 1.29 is 9.53 Å². The molecule has 4 rings (SSSR count). The van der Waals surface area contributed by atoms with Crippen molar-refractivity contribution in [3.63, 3.8) is 0 Å². The molecule has 34 heavy (non-hydrogen) atoms. The van der Waals surface area contributed by atoms with Crippen molar-refractivity contribution in [2.45, 2.75) is 6.61 Å². The number of fused-ring (bicyclic) bond motifs is 1. The second kappa shape index (κ2) is 11.0. The Morgan fingerprint density at radius 2 is 1.85 bits per heavy atom. The van der Waals surface area contributed by atoms with Crippen molar-refractivity contribution >= 4 is 78.6 Å². The van der Waals surface area contributed by atoms with Crippen molar-refractivity contribution in [1.82, 2.24) is 0 Å².